The Morgan fingerprint density at radius 2 is 2.00 bits per heavy atom. The van der Waals surface area contributed by atoms with Gasteiger partial charge in [-0.1, -0.05) is 18.2 Å². The fraction of sp³-hybridized carbons (Fsp3) is 0.304. The smallest absolute Gasteiger partial charge is 0.320 e. The number of hydrogen-bond donors (Lipinski definition) is 0. The van der Waals surface area contributed by atoms with Crippen molar-refractivity contribution in [3.05, 3.63) is 54.2 Å². The van der Waals surface area contributed by atoms with Crippen molar-refractivity contribution >= 4 is 22.7 Å². The molecule has 1 aromatic carbocycles. The van der Waals surface area contributed by atoms with E-state index in [1.165, 1.54) is 0 Å². The molecule has 0 spiro atoms. The highest BCUT2D eigenvalue weighted by Gasteiger charge is 2.21. The summed E-state index contributed by atoms with van der Waals surface area (Å²) in [5.74, 6) is 0.698. The zero-order chi connectivity index (χ0) is 20.9. The number of pyridine rings is 2. The maximum Gasteiger partial charge on any atom is 0.320 e. The van der Waals surface area contributed by atoms with Gasteiger partial charge in [-0.3, -0.25) is 14.7 Å². The summed E-state index contributed by atoms with van der Waals surface area (Å²) < 4.78 is 5.05. The first-order valence-electron chi connectivity index (χ1n) is 10.1. The number of anilines is 1. The number of carbonyl (C=O) groups excluding carboxylic acids is 1. The van der Waals surface area contributed by atoms with Crippen molar-refractivity contribution in [1.82, 2.24) is 14.9 Å². The quantitative estimate of drug-likeness (QED) is 0.608. The van der Waals surface area contributed by atoms with E-state index in [0.29, 0.717) is 18.7 Å². The van der Waals surface area contributed by atoms with E-state index in [9.17, 15) is 10.1 Å². The van der Waals surface area contributed by atoms with Gasteiger partial charge >= 0.3 is 5.97 Å². The molecule has 4 rings (SSSR count). The lowest BCUT2D eigenvalue weighted by atomic mass is 10.1. The van der Waals surface area contributed by atoms with Gasteiger partial charge in [0.2, 0.25) is 0 Å². The maximum absolute atomic E-state index is 11.7. The van der Waals surface area contributed by atoms with Gasteiger partial charge in [0.25, 0.3) is 0 Å². The first kappa shape index (κ1) is 19.8. The summed E-state index contributed by atoms with van der Waals surface area (Å²) in [6.45, 7) is 5.63. The van der Waals surface area contributed by atoms with Crippen LogP contribution in [0, 0.1) is 11.3 Å². The average Bonchev–Trinajstić information content (AvgIpc) is 2.79. The average molecular weight is 401 g/mol. The molecule has 3 heterocycles. The van der Waals surface area contributed by atoms with E-state index in [1.807, 2.05) is 37.3 Å². The molecule has 0 radical (unpaired) electrons. The van der Waals surface area contributed by atoms with Crippen molar-refractivity contribution in [2.24, 2.45) is 0 Å². The van der Waals surface area contributed by atoms with Crippen LogP contribution in [0.3, 0.4) is 0 Å². The van der Waals surface area contributed by atoms with Crippen molar-refractivity contribution in [3.63, 3.8) is 0 Å². The first-order chi connectivity index (χ1) is 14.7. The third-order valence-corrected chi connectivity index (χ3v) is 5.19. The molecule has 2 aromatic heterocycles. The van der Waals surface area contributed by atoms with Crippen LogP contribution in [0.15, 0.2) is 48.7 Å². The van der Waals surface area contributed by atoms with Gasteiger partial charge < -0.3 is 9.64 Å². The van der Waals surface area contributed by atoms with Crippen LogP contribution in [-0.4, -0.2) is 60.2 Å². The molecule has 152 valence electrons. The molecule has 0 saturated carbocycles. The largest absolute Gasteiger partial charge is 0.465 e. The number of piperazine rings is 1. The standard InChI is InChI=1S/C23H23N5O2/c1-2-30-21(29)16-27-9-11-28(12-10-27)20-14-19-7-4-8-25-22(19)23(26-20)18-6-3-5-17(13-18)15-24/h3-8,13-14H,2,9-12,16H2,1H3. The second kappa shape index (κ2) is 8.89. The number of nitrogens with zero attached hydrogens (tertiary/aromatic N) is 5. The molecule has 7 heteroatoms. The van der Waals surface area contributed by atoms with Crippen molar-refractivity contribution in [2.45, 2.75) is 6.92 Å². The van der Waals surface area contributed by atoms with Crippen molar-refractivity contribution in [3.8, 4) is 17.3 Å². The molecule has 7 nitrogen and oxygen atoms in total. The highest BCUT2D eigenvalue weighted by Crippen LogP contribution is 2.30. The second-order valence-corrected chi connectivity index (χ2v) is 7.17. The molecule has 0 N–H and O–H groups in total. The Morgan fingerprint density at radius 3 is 2.77 bits per heavy atom. The van der Waals surface area contributed by atoms with E-state index in [4.69, 9.17) is 9.72 Å². The Kier molecular flexibility index (Phi) is 5.87. The molecular weight excluding hydrogens is 378 g/mol. The summed E-state index contributed by atoms with van der Waals surface area (Å²) in [6, 6.07) is 15.6. The van der Waals surface area contributed by atoms with Gasteiger partial charge in [0.1, 0.15) is 5.82 Å². The number of fused-ring (bicyclic) bond motifs is 1. The van der Waals surface area contributed by atoms with Crippen molar-refractivity contribution < 1.29 is 9.53 Å². The number of benzene rings is 1. The minimum atomic E-state index is -0.180. The molecular formula is C23H23N5O2. The molecule has 0 unspecified atom stereocenters. The van der Waals surface area contributed by atoms with Crippen LogP contribution in [-0.2, 0) is 9.53 Å². The first-order valence-corrected chi connectivity index (χ1v) is 10.1. The fourth-order valence-corrected chi connectivity index (χ4v) is 3.69. The summed E-state index contributed by atoms with van der Waals surface area (Å²) in [4.78, 5) is 25.5. The summed E-state index contributed by atoms with van der Waals surface area (Å²) in [6.07, 6.45) is 1.76. The fourth-order valence-electron chi connectivity index (χ4n) is 3.69. The summed E-state index contributed by atoms with van der Waals surface area (Å²) in [5.41, 5.74) is 3.06. The Morgan fingerprint density at radius 1 is 1.17 bits per heavy atom. The summed E-state index contributed by atoms with van der Waals surface area (Å²) >= 11 is 0. The number of ether oxygens (including phenoxy) is 1. The van der Waals surface area contributed by atoms with Crippen LogP contribution in [0.1, 0.15) is 12.5 Å². The molecule has 1 aliphatic rings. The van der Waals surface area contributed by atoms with Gasteiger partial charge in [0.15, 0.2) is 0 Å². The summed E-state index contributed by atoms with van der Waals surface area (Å²) in [5, 5.41) is 10.3. The van der Waals surface area contributed by atoms with Gasteiger partial charge in [-0.15, -0.1) is 0 Å². The third-order valence-electron chi connectivity index (χ3n) is 5.19. The molecule has 0 bridgehead atoms. The van der Waals surface area contributed by atoms with Crippen LogP contribution < -0.4 is 4.90 Å². The number of carbonyl (C=O) groups is 1. The molecule has 3 aromatic rings. The lowest BCUT2D eigenvalue weighted by molar-refractivity contribution is -0.144. The topological polar surface area (TPSA) is 82.4 Å². The molecule has 0 amide bonds. The Labute approximate surface area is 175 Å². The van der Waals surface area contributed by atoms with E-state index in [1.54, 1.807) is 12.3 Å². The van der Waals surface area contributed by atoms with Gasteiger partial charge in [0.05, 0.1) is 36.0 Å². The number of esters is 1. The van der Waals surface area contributed by atoms with E-state index in [0.717, 1.165) is 54.2 Å². The number of hydrogen-bond acceptors (Lipinski definition) is 7. The minimum Gasteiger partial charge on any atom is -0.465 e. The monoisotopic (exact) mass is 401 g/mol. The molecule has 1 saturated heterocycles. The van der Waals surface area contributed by atoms with Gasteiger partial charge in [0, 0.05) is 43.3 Å². The normalized spacial score (nSPS) is 14.5. The van der Waals surface area contributed by atoms with Crippen molar-refractivity contribution in [1.29, 1.82) is 5.26 Å². The predicted octanol–water partition coefficient (Wildman–Crippen LogP) is 2.85. The summed E-state index contributed by atoms with van der Waals surface area (Å²) in [7, 11) is 0. The Hall–Kier alpha value is -3.50. The SMILES string of the molecule is CCOC(=O)CN1CCN(c2cc3cccnc3c(-c3cccc(C#N)c3)n2)CC1. The van der Waals surface area contributed by atoms with E-state index in [-0.39, 0.29) is 5.97 Å². The zero-order valence-corrected chi connectivity index (χ0v) is 16.9. The van der Waals surface area contributed by atoms with Crippen molar-refractivity contribution in [2.75, 3.05) is 44.2 Å². The zero-order valence-electron chi connectivity index (χ0n) is 16.9. The number of aromatic nitrogens is 2. The third kappa shape index (κ3) is 4.24. The molecule has 1 aliphatic heterocycles. The van der Waals surface area contributed by atoms with Gasteiger partial charge in [-0.25, -0.2) is 4.98 Å². The van der Waals surface area contributed by atoms with Crippen LogP contribution in [0.4, 0.5) is 5.82 Å². The Bertz CT molecular complexity index is 1100. The van der Waals surface area contributed by atoms with Crippen LogP contribution in [0.2, 0.25) is 0 Å². The number of nitriles is 1. The van der Waals surface area contributed by atoms with E-state index in [2.05, 4.69) is 26.9 Å². The van der Waals surface area contributed by atoms with E-state index >= 15 is 0 Å². The number of rotatable bonds is 5. The maximum atomic E-state index is 11.7. The second-order valence-electron chi connectivity index (χ2n) is 7.17. The lowest BCUT2D eigenvalue weighted by Crippen LogP contribution is -2.48. The predicted molar refractivity (Wildman–Crippen MR) is 115 cm³/mol. The van der Waals surface area contributed by atoms with Gasteiger partial charge in [-0.2, -0.15) is 5.26 Å². The van der Waals surface area contributed by atoms with Crippen LogP contribution in [0.25, 0.3) is 22.2 Å². The molecule has 0 atom stereocenters. The highest BCUT2D eigenvalue weighted by atomic mass is 16.5. The molecule has 30 heavy (non-hydrogen) atoms. The van der Waals surface area contributed by atoms with Crippen LogP contribution >= 0.6 is 0 Å². The lowest BCUT2D eigenvalue weighted by Gasteiger charge is -2.35. The van der Waals surface area contributed by atoms with Crippen LogP contribution in [0.5, 0.6) is 0 Å². The van der Waals surface area contributed by atoms with Gasteiger partial charge in [-0.05, 0) is 31.2 Å². The molecule has 0 aliphatic carbocycles. The minimum absolute atomic E-state index is 0.180. The Balaban J connectivity index is 1.61. The van der Waals surface area contributed by atoms with E-state index < -0.39 is 0 Å². The highest BCUT2D eigenvalue weighted by molar-refractivity contribution is 5.93. The molecule has 1 fully saturated rings.